The van der Waals surface area contributed by atoms with Crippen molar-refractivity contribution in [2.75, 3.05) is 0 Å². The summed E-state index contributed by atoms with van der Waals surface area (Å²) in [7, 11) is 0. The van der Waals surface area contributed by atoms with Crippen LogP contribution in [0.15, 0.2) is 66.7 Å². The number of hydrogen-bond donors (Lipinski definition) is 1. The highest BCUT2D eigenvalue weighted by atomic mass is 16.5. The van der Waals surface area contributed by atoms with Crippen LogP contribution in [0.25, 0.3) is 0 Å². The molecule has 0 aromatic heterocycles. The number of benzene rings is 2. The Morgan fingerprint density at radius 2 is 1.32 bits per heavy atom. The summed E-state index contributed by atoms with van der Waals surface area (Å²) < 4.78 is 5.59. The molecule has 0 heterocycles. The Bertz CT molecular complexity index is 555. The minimum absolute atomic E-state index is 0.145. The first-order valence-electron chi connectivity index (χ1n) is 8.70. The van der Waals surface area contributed by atoms with Crippen molar-refractivity contribution in [1.82, 2.24) is 0 Å². The van der Waals surface area contributed by atoms with Gasteiger partial charge in [0, 0.05) is 0 Å². The van der Waals surface area contributed by atoms with Gasteiger partial charge in [-0.3, -0.25) is 4.79 Å². The smallest absolute Gasteiger partial charge is 0.306 e. The number of aliphatic carboxylic acids is 1. The Morgan fingerprint density at radius 1 is 0.920 bits per heavy atom. The lowest BCUT2D eigenvalue weighted by molar-refractivity contribution is -0.159. The van der Waals surface area contributed by atoms with Crippen LogP contribution in [-0.4, -0.2) is 22.8 Å². The lowest BCUT2D eigenvalue weighted by Gasteiger charge is -2.37. The molecule has 1 saturated carbocycles. The number of carboxylic acids is 1. The molecule has 1 N–H and O–H groups in total. The molecule has 25 heavy (non-hydrogen) atoms. The van der Waals surface area contributed by atoms with Gasteiger partial charge in [-0.25, -0.2) is 0 Å². The standard InChI is InChI=1S/C9H16O3.C7H8.C6H6/c1-9(2,3)12-7-4-6(5-7)8(10)11;1-7-5-3-2-4-6-7;1-2-4-6-5-3-1/h6-7H,4-5H2,1-3H3,(H,10,11);2-6H,1H3;1-6H. The maximum atomic E-state index is 10.4. The number of carboxylic acid groups (broad SMARTS) is 1. The van der Waals surface area contributed by atoms with E-state index in [0.717, 1.165) is 0 Å². The molecule has 2 aromatic rings. The monoisotopic (exact) mass is 342 g/mol. The number of carbonyl (C=O) groups is 1. The Balaban J connectivity index is 0.000000203. The number of rotatable bonds is 2. The van der Waals surface area contributed by atoms with E-state index in [4.69, 9.17) is 9.84 Å². The van der Waals surface area contributed by atoms with E-state index in [1.807, 2.05) is 75.4 Å². The molecule has 0 radical (unpaired) electrons. The SMILES string of the molecule is CC(C)(C)OC1CC(C(=O)O)C1.Cc1ccccc1.c1ccccc1. The summed E-state index contributed by atoms with van der Waals surface area (Å²) in [5.41, 5.74) is 1.18. The number of ether oxygens (including phenoxy) is 1. The molecule has 1 aliphatic carbocycles. The highest BCUT2D eigenvalue weighted by molar-refractivity contribution is 5.71. The Labute approximate surface area is 151 Å². The van der Waals surface area contributed by atoms with Crippen LogP contribution < -0.4 is 0 Å². The summed E-state index contributed by atoms with van der Waals surface area (Å²) in [6.07, 6.45) is 1.50. The van der Waals surface area contributed by atoms with Crippen molar-refractivity contribution < 1.29 is 14.6 Å². The molecular weight excluding hydrogens is 312 g/mol. The summed E-state index contributed by atoms with van der Waals surface area (Å²) >= 11 is 0. The second-order valence-electron chi connectivity index (χ2n) is 7.17. The fourth-order valence-electron chi connectivity index (χ4n) is 2.28. The Kier molecular flexibility index (Phi) is 8.93. The average molecular weight is 342 g/mol. The van der Waals surface area contributed by atoms with E-state index in [0.29, 0.717) is 12.8 Å². The first-order chi connectivity index (χ1) is 11.8. The van der Waals surface area contributed by atoms with E-state index in [1.54, 1.807) is 0 Å². The summed E-state index contributed by atoms with van der Waals surface area (Å²) in [5.74, 6) is -0.860. The van der Waals surface area contributed by atoms with Crippen molar-refractivity contribution in [3.05, 3.63) is 72.3 Å². The quantitative estimate of drug-likeness (QED) is 0.800. The first-order valence-corrected chi connectivity index (χ1v) is 8.70. The fourth-order valence-corrected chi connectivity index (χ4v) is 2.28. The largest absolute Gasteiger partial charge is 0.481 e. The molecule has 3 nitrogen and oxygen atoms in total. The molecule has 1 aliphatic rings. The molecule has 0 aliphatic heterocycles. The van der Waals surface area contributed by atoms with Gasteiger partial charge in [0.1, 0.15) is 0 Å². The maximum absolute atomic E-state index is 10.4. The lowest BCUT2D eigenvalue weighted by Crippen LogP contribution is -2.40. The zero-order valence-corrected chi connectivity index (χ0v) is 15.7. The van der Waals surface area contributed by atoms with Gasteiger partial charge in [-0.05, 0) is 40.5 Å². The molecule has 2 aromatic carbocycles. The zero-order chi connectivity index (χ0) is 18.7. The maximum Gasteiger partial charge on any atom is 0.306 e. The van der Waals surface area contributed by atoms with Crippen molar-refractivity contribution in [3.63, 3.8) is 0 Å². The van der Waals surface area contributed by atoms with Gasteiger partial charge in [0.2, 0.25) is 0 Å². The summed E-state index contributed by atoms with van der Waals surface area (Å²) in [4.78, 5) is 10.4. The van der Waals surface area contributed by atoms with Crippen molar-refractivity contribution in [2.45, 2.75) is 52.2 Å². The van der Waals surface area contributed by atoms with Crippen LogP contribution in [0.5, 0.6) is 0 Å². The van der Waals surface area contributed by atoms with Crippen molar-refractivity contribution in [1.29, 1.82) is 0 Å². The summed E-state index contributed by atoms with van der Waals surface area (Å²) in [6.45, 7) is 8.04. The van der Waals surface area contributed by atoms with Crippen LogP contribution >= 0.6 is 0 Å². The van der Waals surface area contributed by atoms with E-state index in [-0.39, 0.29) is 17.6 Å². The minimum Gasteiger partial charge on any atom is -0.481 e. The second-order valence-corrected chi connectivity index (χ2v) is 7.17. The van der Waals surface area contributed by atoms with Crippen LogP contribution in [0, 0.1) is 12.8 Å². The lowest BCUT2D eigenvalue weighted by atomic mass is 9.82. The first kappa shape index (κ1) is 20.9. The predicted molar refractivity (Wildman–Crippen MR) is 103 cm³/mol. The normalized spacial score (nSPS) is 18.6. The van der Waals surface area contributed by atoms with Crippen LogP contribution in [0.1, 0.15) is 39.2 Å². The van der Waals surface area contributed by atoms with Gasteiger partial charge in [-0.15, -0.1) is 0 Å². The van der Waals surface area contributed by atoms with Crippen LogP contribution in [-0.2, 0) is 9.53 Å². The van der Waals surface area contributed by atoms with Gasteiger partial charge >= 0.3 is 5.97 Å². The van der Waals surface area contributed by atoms with E-state index >= 15 is 0 Å². The molecule has 0 spiro atoms. The molecule has 0 atom stereocenters. The van der Waals surface area contributed by atoms with E-state index in [2.05, 4.69) is 19.1 Å². The molecular formula is C22H30O3. The van der Waals surface area contributed by atoms with E-state index in [1.165, 1.54) is 5.56 Å². The van der Waals surface area contributed by atoms with Crippen LogP contribution in [0.3, 0.4) is 0 Å². The van der Waals surface area contributed by atoms with Gasteiger partial charge in [0.25, 0.3) is 0 Å². The molecule has 0 unspecified atom stereocenters. The third kappa shape index (κ3) is 10.4. The summed E-state index contributed by atoms with van der Waals surface area (Å²) in [6, 6.07) is 22.3. The van der Waals surface area contributed by atoms with Gasteiger partial charge in [0.15, 0.2) is 0 Å². The minimum atomic E-state index is -0.691. The molecule has 3 heteroatoms. The van der Waals surface area contributed by atoms with E-state index in [9.17, 15) is 4.79 Å². The molecule has 0 bridgehead atoms. The average Bonchev–Trinajstić information content (AvgIpc) is 2.53. The van der Waals surface area contributed by atoms with Crippen molar-refractivity contribution in [3.8, 4) is 0 Å². The van der Waals surface area contributed by atoms with Crippen LogP contribution in [0.4, 0.5) is 0 Å². The van der Waals surface area contributed by atoms with Crippen LogP contribution in [0.2, 0.25) is 0 Å². The second kappa shape index (κ2) is 10.7. The molecule has 3 rings (SSSR count). The molecule has 136 valence electrons. The highest BCUT2D eigenvalue weighted by Crippen LogP contribution is 2.32. The third-order valence-electron chi connectivity index (χ3n) is 3.57. The van der Waals surface area contributed by atoms with Gasteiger partial charge in [-0.1, -0.05) is 72.3 Å². The van der Waals surface area contributed by atoms with Crippen molar-refractivity contribution >= 4 is 5.97 Å². The molecule has 0 saturated heterocycles. The highest BCUT2D eigenvalue weighted by Gasteiger charge is 2.37. The third-order valence-corrected chi connectivity index (χ3v) is 3.57. The Hall–Kier alpha value is -2.13. The van der Waals surface area contributed by atoms with Gasteiger partial charge in [0.05, 0.1) is 17.6 Å². The van der Waals surface area contributed by atoms with Gasteiger partial charge < -0.3 is 9.84 Å². The summed E-state index contributed by atoms with van der Waals surface area (Å²) in [5, 5.41) is 8.59. The topological polar surface area (TPSA) is 46.5 Å². The Morgan fingerprint density at radius 3 is 1.60 bits per heavy atom. The van der Waals surface area contributed by atoms with Gasteiger partial charge in [-0.2, -0.15) is 0 Å². The fraction of sp³-hybridized carbons (Fsp3) is 0.409. The van der Waals surface area contributed by atoms with Crippen molar-refractivity contribution in [2.24, 2.45) is 5.92 Å². The number of hydrogen-bond acceptors (Lipinski definition) is 2. The van der Waals surface area contributed by atoms with E-state index < -0.39 is 5.97 Å². The molecule has 0 amide bonds. The predicted octanol–water partition coefficient (Wildman–Crippen LogP) is 5.35. The zero-order valence-electron chi connectivity index (χ0n) is 15.7. The molecule has 1 fully saturated rings. The number of aryl methyl sites for hydroxylation is 1.